The standard InChI is InChI=1S/C22H31N3O3S/c1-15-11-13-24(14-12-15)29(27,28)20-16(2)23-25(17(20)3)21(26)18-7-9-19(10-8-18)22(4,5)6/h7-10,15H,11-14H2,1-6H3. The molecule has 6 nitrogen and oxygen atoms in total. The summed E-state index contributed by atoms with van der Waals surface area (Å²) < 4.78 is 29.2. The highest BCUT2D eigenvalue weighted by Gasteiger charge is 2.34. The molecule has 2 aromatic rings. The Morgan fingerprint density at radius 3 is 2.14 bits per heavy atom. The van der Waals surface area contributed by atoms with Gasteiger partial charge in [0.15, 0.2) is 0 Å². The third kappa shape index (κ3) is 4.16. The van der Waals surface area contributed by atoms with Crippen LogP contribution in [0, 0.1) is 19.8 Å². The van der Waals surface area contributed by atoms with Crippen molar-refractivity contribution < 1.29 is 13.2 Å². The first-order chi connectivity index (χ1) is 13.4. The van der Waals surface area contributed by atoms with Crippen LogP contribution in [0.1, 0.15) is 67.8 Å². The Morgan fingerprint density at radius 1 is 1.07 bits per heavy atom. The molecule has 7 heteroatoms. The second kappa shape index (κ2) is 7.69. The van der Waals surface area contributed by atoms with E-state index < -0.39 is 10.0 Å². The summed E-state index contributed by atoms with van der Waals surface area (Å²) in [6, 6.07) is 7.43. The fourth-order valence-corrected chi connectivity index (χ4v) is 5.61. The third-order valence-corrected chi connectivity index (χ3v) is 7.91. The van der Waals surface area contributed by atoms with E-state index in [1.807, 2.05) is 12.1 Å². The van der Waals surface area contributed by atoms with Crippen molar-refractivity contribution in [2.75, 3.05) is 13.1 Å². The van der Waals surface area contributed by atoms with E-state index in [9.17, 15) is 13.2 Å². The lowest BCUT2D eigenvalue weighted by molar-refractivity contribution is 0.0942. The minimum absolute atomic E-state index is 0.00697. The summed E-state index contributed by atoms with van der Waals surface area (Å²) in [5.41, 5.74) is 2.34. The number of nitrogens with zero attached hydrogens (tertiary/aromatic N) is 3. The number of hydrogen-bond donors (Lipinski definition) is 0. The molecule has 1 aliphatic heterocycles. The highest BCUT2D eigenvalue weighted by molar-refractivity contribution is 7.89. The highest BCUT2D eigenvalue weighted by Crippen LogP contribution is 2.28. The average Bonchev–Trinajstić information content (AvgIpc) is 2.95. The number of hydrogen-bond acceptors (Lipinski definition) is 4. The van der Waals surface area contributed by atoms with Crippen molar-refractivity contribution in [2.24, 2.45) is 5.92 Å². The first-order valence-electron chi connectivity index (χ1n) is 10.1. The second-order valence-electron chi connectivity index (χ2n) is 9.13. The molecule has 29 heavy (non-hydrogen) atoms. The van der Waals surface area contributed by atoms with Crippen LogP contribution in [0.3, 0.4) is 0 Å². The molecule has 1 aromatic carbocycles. The zero-order chi connectivity index (χ0) is 21.6. The molecule has 0 atom stereocenters. The molecule has 1 aliphatic rings. The van der Waals surface area contributed by atoms with Crippen molar-refractivity contribution in [3.63, 3.8) is 0 Å². The summed E-state index contributed by atoms with van der Waals surface area (Å²) in [5.74, 6) is 0.212. The van der Waals surface area contributed by atoms with Gasteiger partial charge in [0.25, 0.3) is 5.91 Å². The van der Waals surface area contributed by atoms with E-state index in [2.05, 4.69) is 32.8 Å². The molecule has 0 amide bonds. The van der Waals surface area contributed by atoms with Crippen LogP contribution in [0.4, 0.5) is 0 Å². The summed E-state index contributed by atoms with van der Waals surface area (Å²) in [6.45, 7) is 12.8. The van der Waals surface area contributed by atoms with Crippen molar-refractivity contribution in [3.8, 4) is 0 Å². The summed E-state index contributed by atoms with van der Waals surface area (Å²) in [5, 5.41) is 4.30. The van der Waals surface area contributed by atoms with E-state index in [1.54, 1.807) is 26.0 Å². The predicted octanol–water partition coefficient (Wildman–Crippen LogP) is 3.91. The zero-order valence-corrected chi connectivity index (χ0v) is 19.0. The van der Waals surface area contributed by atoms with Crippen LogP contribution < -0.4 is 0 Å². The molecular weight excluding hydrogens is 386 g/mol. The van der Waals surface area contributed by atoms with Crippen LogP contribution in [0.2, 0.25) is 0 Å². The Bertz CT molecular complexity index is 1010. The number of aromatic nitrogens is 2. The number of benzene rings is 1. The molecule has 0 radical (unpaired) electrons. The number of rotatable bonds is 3. The van der Waals surface area contributed by atoms with Gasteiger partial charge in [-0.2, -0.15) is 14.1 Å². The number of sulfonamides is 1. The average molecular weight is 418 g/mol. The SMILES string of the molecule is Cc1nn(C(=O)c2ccc(C(C)(C)C)cc2)c(C)c1S(=O)(=O)N1CCC(C)CC1. The van der Waals surface area contributed by atoms with Gasteiger partial charge in [0.1, 0.15) is 4.90 Å². The van der Waals surface area contributed by atoms with E-state index in [0.29, 0.717) is 36.0 Å². The van der Waals surface area contributed by atoms with Crippen LogP contribution in [0.25, 0.3) is 0 Å². The fourth-order valence-electron chi connectivity index (χ4n) is 3.79. The zero-order valence-electron chi connectivity index (χ0n) is 18.2. The van der Waals surface area contributed by atoms with Gasteiger partial charge in [0.2, 0.25) is 10.0 Å². The smallest absolute Gasteiger partial charge is 0.267 e. The van der Waals surface area contributed by atoms with Gasteiger partial charge in [0, 0.05) is 18.7 Å². The molecule has 0 aliphatic carbocycles. The first-order valence-corrected chi connectivity index (χ1v) is 11.6. The maximum absolute atomic E-state index is 13.2. The Labute approximate surface area is 174 Å². The Balaban J connectivity index is 1.94. The Hall–Kier alpha value is -1.99. The lowest BCUT2D eigenvalue weighted by Gasteiger charge is -2.29. The monoisotopic (exact) mass is 417 g/mol. The van der Waals surface area contributed by atoms with Crippen LogP contribution >= 0.6 is 0 Å². The van der Waals surface area contributed by atoms with E-state index in [1.165, 1.54) is 8.99 Å². The molecule has 0 spiro atoms. The van der Waals surface area contributed by atoms with E-state index in [-0.39, 0.29) is 16.2 Å². The summed E-state index contributed by atoms with van der Waals surface area (Å²) in [4.78, 5) is 13.2. The third-order valence-electron chi connectivity index (χ3n) is 5.76. The molecule has 0 N–H and O–H groups in total. The molecule has 1 aromatic heterocycles. The molecular formula is C22H31N3O3S. The molecule has 2 heterocycles. The number of carbonyl (C=O) groups excluding carboxylic acids is 1. The van der Waals surface area contributed by atoms with Crippen molar-refractivity contribution in [1.82, 2.24) is 14.1 Å². The summed E-state index contributed by atoms with van der Waals surface area (Å²) >= 11 is 0. The summed E-state index contributed by atoms with van der Waals surface area (Å²) in [7, 11) is -3.67. The van der Waals surface area contributed by atoms with E-state index in [4.69, 9.17) is 0 Å². The lowest BCUT2D eigenvalue weighted by atomic mass is 9.87. The second-order valence-corrected chi connectivity index (χ2v) is 11.0. The van der Waals surface area contributed by atoms with Crippen LogP contribution in [-0.2, 0) is 15.4 Å². The van der Waals surface area contributed by atoms with E-state index >= 15 is 0 Å². The van der Waals surface area contributed by atoms with Crippen molar-refractivity contribution in [3.05, 3.63) is 46.8 Å². The first kappa shape index (κ1) is 21.7. The molecule has 1 saturated heterocycles. The van der Waals surface area contributed by atoms with Gasteiger partial charge in [0.05, 0.1) is 11.4 Å². The van der Waals surface area contributed by atoms with E-state index in [0.717, 1.165) is 18.4 Å². The van der Waals surface area contributed by atoms with Crippen molar-refractivity contribution >= 4 is 15.9 Å². The predicted molar refractivity (Wildman–Crippen MR) is 114 cm³/mol. The van der Waals surface area contributed by atoms with Gasteiger partial charge in [-0.15, -0.1) is 0 Å². The Morgan fingerprint density at radius 2 is 1.62 bits per heavy atom. The molecule has 0 bridgehead atoms. The minimum atomic E-state index is -3.67. The quantitative estimate of drug-likeness (QED) is 0.759. The van der Waals surface area contributed by atoms with Crippen molar-refractivity contribution in [2.45, 2.75) is 64.7 Å². The van der Waals surface area contributed by atoms with Crippen LogP contribution in [0.5, 0.6) is 0 Å². The maximum atomic E-state index is 13.2. The Kier molecular flexibility index (Phi) is 5.75. The van der Waals surface area contributed by atoms with Gasteiger partial charge in [-0.05, 0) is 55.7 Å². The van der Waals surface area contributed by atoms with Gasteiger partial charge in [-0.3, -0.25) is 4.79 Å². The lowest BCUT2D eigenvalue weighted by Crippen LogP contribution is -2.38. The highest BCUT2D eigenvalue weighted by atomic mass is 32.2. The van der Waals surface area contributed by atoms with Crippen LogP contribution in [0.15, 0.2) is 29.2 Å². The van der Waals surface area contributed by atoms with Crippen molar-refractivity contribution in [1.29, 1.82) is 0 Å². The van der Waals surface area contributed by atoms with Gasteiger partial charge in [-0.1, -0.05) is 39.8 Å². The topological polar surface area (TPSA) is 72.3 Å². The molecule has 1 fully saturated rings. The largest absolute Gasteiger partial charge is 0.278 e. The molecule has 0 saturated carbocycles. The number of piperidine rings is 1. The molecule has 3 rings (SSSR count). The fraction of sp³-hybridized carbons (Fsp3) is 0.545. The number of aryl methyl sites for hydroxylation is 1. The minimum Gasteiger partial charge on any atom is -0.267 e. The summed E-state index contributed by atoms with van der Waals surface area (Å²) in [6.07, 6.45) is 1.70. The van der Waals surface area contributed by atoms with Crippen LogP contribution in [-0.4, -0.2) is 41.5 Å². The van der Waals surface area contributed by atoms with Gasteiger partial charge >= 0.3 is 0 Å². The van der Waals surface area contributed by atoms with Gasteiger partial charge in [-0.25, -0.2) is 8.42 Å². The molecule has 158 valence electrons. The number of carbonyl (C=O) groups is 1. The normalized spacial score (nSPS) is 16.9. The molecule has 0 unspecified atom stereocenters. The van der Waals surface area contributed by atoms with Gasteiger partial charge < -0.3 is 0 Å². The maximum Gasteiger partial charge on any atom is 0.278 e.